The molecule has 0 radical (unpaired) electrons. The third-order valence-electron chi connectivity index (χ3n) is 7.25. The fourth-order valence-corrected chi connectivity index (χ4v) is 6.74. The van der Waals surface area contributed by atoms with Gasteiger partial charge in [0.15, 0.2) is 0 Å². The molecule has 10 heteroatoms. The van der Waals surface area contributed by atoms with Crippen molar-refractivity contribution in [3.63, 3.8) is 0 Å². The first-order valence-corrected chi connectivity index (χ1v) is 15.3. The van der Waals surface area contributed by atoms with Crippen LogP contribution >= 0.6 is 0 Å². The number of nitrogens with zero attached hydrogens (tertiary/aromatic N) is 1. The van der Waals surface area contributed by atoms with Gasteiger partial charge in [-0.25, -0.2) is 8.42 Å². The van der Waals surface area contributed by atoms with Gasteiger partial charge in [0, 0.05) is 43.3 Å². The maximum atomic E-state index is 13.8. The van der Waals surface area contributed by atoms with Crippen LogP contribution in [-0.2, 0) is 30.7 Å². The first-order chi connectivity index (χ1) is 19.1. The average molecular weight is 573 g/mol. The molecule has 1 unspecified atom stereocenters. The van der Waals surface area contributed by atoms with Crippen LogP contribution in [-0.4, -0.2) is 68.4 Å². The van der Waals surface area contributed by atoms with Gasteiger partial charge in [0.2, 0.25) is 10.0 Å². The van der Waals surface area contributed by atoms with Crippen molar-refractivity contribution < 1.29 is 32.2 Å². The number of furan rings is 1. The highest BCUT2D eigenvalue weighted by Crippen LogP contribution is 2.26. The van der Waals surface area contributed by atoms with Gasteiger partial charge in [-0.15, -0.1) is 0 Å². The number of esters is 1. The van der Waals surface area contributed by atoms with Gasteiger partial charge in [0.1, 0.15) is 11.7 Å². The summed E-state index contributed by atoms with van der Waals surface area (Å²) in [6.07, 6.45) is 1.74. The summed E-state index contributed by atoms with van der Waals surface area (Å²) in [5.41, 5.74) is 8.17. The van der Waals surface area contributed by atoms with Crippen LogP contribution in [0.3, 0.4) is 0 Å². The van der Waals surface area contributed by atoms with Crippen LogP contribution in [0.4, 0.5) is 0 Å². The molecule has 9 nitrogen and oxygen atoms in total. The number of rotatable bonds is 14. The van der Waals surface area contributed by atoms with Crippen molar-refractivity contribution in [2.75, 3.05) is 26.3 Å². The number of aliphatic hydroxyl groups is 1. The van der Waals surface area contributed by atoms with Crippen molar-refractivity contribution in [3.8, 4) is 0 Å². The minimum absolute atomic E-state index is 0.0233. The summed E-state index contributed by atoms with van der Waals surface area (Å²) in [5.74, 6) is -0.820. The minimum atomic E-state index is -3.93. The number of benzene rings is 2. The van der Waals surface area contributed by atoms with Crippen molar-refractivity contribution in [2.45, 2.75) is 62.7 Å². The van der Waals surface area contributed by atoms with Gasteiger partial charge < -0.3 is 24.7 Å². The second kappa shape index (κ2) is 13.7. The van der Waals surface area contributed by atoms with Crippen molar-refractivity contribution in [2.24, 2.45) is 17.6 Å². The Morgan fingerprint density at radius 2 is 1.93 bits per heavy atom. The summed E-state index contributed by atoms with van der Waals surface area (Å²) in [6.45, 7) is 4.95. The molecule has 1 aliphatic rings. The summed E-state index contributed by atoms with van der Waals surface area (Å²) in [5, 5.41) is 12.2. The summed E-state index contributed by atoms with van der Waals surface area (Å²) >= 11 is 0. The normalized spacial score (nSPS) is 18.3. The molecule has 0 bridgehead atoms. The molecule has 1 aromatic heterocycles. The van der Waals surface area contributed by atoms with E-state index in [-0.39, 0.29) is 42.4 Å². The summed E-state index contributed by atoms with van der Waals surface area (Å²) in [6, 6.07) is 15.5. The van der Waals surface area contributed by atoms with E-state index in [1.165, 1.54) is 16.6 Å². The Morgan fingerprint density at radius 1 is 1.15 bits per heavy atom. The fourth-order valence-electron chi connectivity index (χ4n) is 5.08. The lowest BCUT2D eigenvalue weighted by Crippen LogP contribution is -2.47. The molecule has 1 saturated heterocycles. The predicted octanol–water partition coefficient (Wildman–Crippen LogP) is 3.74. The molecule has 4 rings (SSSR count). The third-order valence-corrected chi connectivity index (χ3v) is 9.07. The molecular formula is C30H40N2O7S. The Labute approximate surface area is 236 Å². The van der Waals surface area contributed by atoms with Crippen LogP contribution in [0, 0.1) is 11.8 Å². The predicted molar refractivity (Wildman–Crippen MR) is 152 cm³/mol. The van der Waals surface area contributed by atoms with Gasteiger partial charge in [-0.2, -0.15) is 4.31 Å². The van der Waals surface area contributed by atoms with E-state index in [0.717, 1.165) is 5.56 Å². The number of carbonyl (C=O) groups is 1. The van der Waals surface area contributed by atoms with Crippen LogP contribution in [0.2, 0.25) is 0 Å². The van der Waals surface area contributed by atoms with E-state index < -0.39 is 28.1 Å². The van der Waals surface area contributed by atoms with Gasteiger partial charge in [-0.05, 0) is 48.6 Å². The van der Waals surface area contributed by atoms with Crippen molar-refractivity contribution in [1.29, 1.82) is 0 Å². The monoisotopic (exact) mass is 572 g/mol. The zero-order chi connectivity index (χ0) is 28.7. The summed E-state index contributed by atoms with van der Waals surface area (Å²) < 4.78 is 45.0. The van der Waals surface area contributed by atoms with Gasteiger partial charge in [0.05, 0.1) is 30.5 Å². The van der Waals surface area contributed by atoms with E-state index in [2.05, 4.69) is 0 Å². The van der Waals surface area contributed by atoms with E-state index in [9.17, 15) is 18.3 Å². The van der Waals surface area contributed by atoms with Gasteiger partial charge in [0.25, 0.3) is 0 Å². The SMILES string of the molecule is CC(C)CN(C[C@@H](O)[C@H](Cc1ccccc1)C(N)CCC(=O)O[C@H]1CCOC1)S(=O)(=O)c1ccc2occc2c1. The zero-order valence-electron chi connectivity index (χ0n) is 23.1. The minimum Gasteiger partial charge on any atom is -0.464 e. The molecule has 2 heterocycles. The molecule has 0 amide bonds. The topological polar surface area (TPSA) is 132 Å². The fraction of sp³-hybridized carbons (Fsp3) is 0.500. The van der Waals surface area contributed by atoms with E-state index >= 15 is 0 Å². The van der Waals surface area contributed by atoms with E-state index in [4.69, 9.17) is 19.6 Å². The van der Waals surface area contributed by atoms with Crippen LogP contribution in [0.1, 0.15) is 38.7 Å². The first-order valence-electron chi connectivity index (χ1n) is 13.9. The Kier molecular flexibility index (Phi) is 10.4. The first kappa shape index (κ1) is 30.2. The standard InChI is InChI=1S/C30H40N2O7S/c1-21(2)18-32(40(35,36)25-8-10-29-23(17-25)12-15-38-29)19-28(33)26(16-22-6-4-3-5-7-22)27(31)9-11-30(34)39-24-13-14-37-20-24/h3-8,10,12,15,17,21,24,26-28,33H,9,11,13-14,16,18-20,31H2,1-2H3/t24-,26+,27?,28+/m0/s1. The molecule has 4 atom stereocenters. The molecule has 1 fully saturated rings. The smallest absolute Gasteiger partial charge is 0.306 e. The molecule has 0 saturated carbocycles. The lowest BCUT2D eigenvalue weighted by atomic mass is 9.85. The molecule has 2 aromatic carbocycles. The van der Waals surface area contributed by atoms with Gasteiger partial charge in [-0.3, -0.25) is 4.79 Å². The number of aliphatic hydroxyl groups excluding tert-OH is 1. The zero-order valence-corrected chi connectivity index (χ0v) is 24.0. The van der Waals surface area contributed by atoms with Gasteiger partial charge in [-0.1, -0.05) is 44.2 Å². The number of ether oxygens (including phenoxy) is 2. The third kappa shape index (κ3) is 7.92. The lowest BCUT2D eigenvalue weighted by molar-refractivity contribution is -0.149. The van der Waals surface area contributed by atoms with Crippen molar-refractivity contribution >= 4 is 27.0 Å². The Balaban J connectivity index is 1.51. The summed E-state index contributed by atoms with van der Waals surface area (Å²) in [4.78, 5) is 12.6. The number of carbonyl (C=O) groups excluding carboxylic acids is 1. The molecule has 218 valence electrons. The van der Waals surface area contributed by atoms with Crippen LogP contribution in [0.5, 0.6) is 0 Å². The quantitative estimate of drug-likeness (QED) is 0.279. The Morgan fingerprint density at radius 3 is 2.62 bits per heavy atom. The molecule has 0 spiro atoms. The number of hydrogen-bond donors (Lipinski definition) is 2. The number of fused-ring (bicyclic) bond motifs is 1. The summed E-state index contributed by atoms with van der Waals surface area (Å²) in [7, 11) is -3.93. The molecule has 3 N–H and O–H groups in total. The van der Waals surface area contributed by atoms with Crippen LogP contribution in [0.25, 0.3) is 11.0 Å². The molecule has 0 aliphatic carbocycles. The van der Waals surface area contributed by atoms with Crippen LogP contribution < -0.4 is 5.73 Å². The lowest BCUT2D eigenvalue weighted by Gasteiger charge is -2.33. The van der Waals surface area contributed by atoms with E-state index in [0.29, 0.717) is 43.4 Å². The largest absolute Gasteiger partial charge is 0.464 e. The molecule has 1 aliphatic heterocycles. The Bertz CT molecular complexity index is 1340. The second-order valence-electron chi connectivity index (χ2n) is 10.9. The highest BCUT2D eigenvalue weighted by molar-refractivity contribution is 7.89. The maximum Gasteiger partial charge on any atom is 0.306 e. The van der Waals surface area contributed by atoms with E-state index in [1.54, 1.807) is 18.2 Å². The van der Waals surface area contributed by atoms with Crippen LogP contribution in [0.15, 0.2) is 70.2 Å². The highest BCUT2D eigenvalue weighted by atomic mass is 32.2. The molecule has 40 heavy (non-hydrogen) atoms. The maximum absolute atomic E-state index is 13.8. The number of hydrogen-bond acceptors (Lipinski definition) is 8. The van der Waals surface area contributed by atoms with Crippen molar-refractivity contribution in [3.05, 3.63) is 66.4 Å². The number of sulfonamides is 1. The number of nitrogens with two attached hydrogens (primary N) is 1. The van der Waals surface area contributed by atoms with Crippen molar-refractivity contribution in [1.82, 2.24) is 4.31 Å². The van der Waals surface area contributed by atoms with E-state index in [1.807, 2.05) is 44.2 Å². The molecular weight excluding hydrogens is 532 g/mol. The van der Waals surface area contributed by atoms with Gasteiger partial charge >= 0.3 is 5.97 Å². The highest BCUT2D eigenvalue weighted by Gasteiger charge is 2.33. The second-order valence-corrected chi connectivity index (χ2v) is 12.9. The average Bonchev–Trinajstić information content (AvgIpc) is 3.62. The Hall–Kier alpha value is -2.76. The molecule has 3 aromatic rings.